The molecule has 0 amide bonds. The van der Waals surface area contributed by atoms with Crippen LogP contribution in [0.4, 0.5) is 0 Å². The number of aliphatic imine (C=N–C) groups is 1. The second kappa shape index (κ2) is 10.2. The van der Waals surface area contributed by atoms with E-state index >= 15 is 0 Å². The highest BCUT2D eigenvalue weighted by Gasteiger charge is 2.02. The van der Waals surface area contributed by atoms with Gasteiger partial charge in [-0.05, 0) is 42.2 Å². The Kier molecular flexibility index (Phi) is 8.67. The third kappa shape index (κ3) is 6.07. The van der Waals surface area contributed by atoms with Crippen molar-refractivity contribution in [3.8, 4) is 5.75 Å². The minimum atomic E-state index is 0. The molecule has 0 radical (unpaired) electrons. The van der Waals surface area contributed by atoms with E-state index < -0.39 is 0 Å². The molecule has 0 aliphatic heterocycles. The molecule has 1 heterocycles. The topological polar surface area (TPSA) is 50.6 Å². The minimum Gasteiger partial charge on any atom is -0.496 e. The first-order valence-electron chi connectivity index (χ1n) is 7.81. The molecule has 1 aromatic carbocycles. The molecule has 0 fully saturated rings. The summed E-state index contributed by atoms with van der Waals surface area (Å²) >= 11 is 0. The Morgan fingerprint density at radius 1 is 1.21 bits per heavy atom. The summed E-state index contributed by atoms with van der Waals surface area (Å²) in [7, 11) is 5.52. The number of nitrogens with one attached hydrogen (secondary N) is 2. The number of ether oxygens (including phenoxy) is 1. The average Bonchev–Trinajstić information content (AvgIpc) is 2.97. The molecular formula is C18H27IN4O. The number of aromatic nitrogens is 1. The molecule has 0 saturated carbocycles. The van der Waals surface area contributed by atoms with Gasteiger partial charge in [-0.2, -0.15) is 0 Å². The van der Waals surface area contributed by atoms with Gasteiger partial charge in [-0.25, -0.2) is 0 Å². The monoisotopic (exact) mass is 442 g/mol. The summed E-state index contributed by atoms with van der Waals surface area (Å²) in [5, 5.41) is 6.66. The summed E-state index contributed by atoms with van der Waals surface area (Å²) < 4.78 is 7.40. The molecule has 0 atom stereocenters. The summed E-state index contributed by atoms with van der Waals surface area (Å²) in [6, 6.07) is 8.42. The Morgan fingerprint density at radius 2 is 2.00 bits per heavy atom. The molecule has 1 aromatic heterocycles. The maximum absolute atomic E-state index is 5.37. The smallest absolute Gasteiger partial charge is 0.191 e. The molecule has 0 aliphatic rings. The molecule has 24 heavy (non-hydrogen) atoms. The molecule has 2 N–H and O–H groups in total. The normalized spacial score (nSPS) is 10.9. The van der Waals surface area contributed by atoms with Crippen molar-refractivity contribution in [3.63, 3.8) is 0 Å². The largest absolute Gasteiger partial charge is 0.496 e. The lowest BCUT2D eigenvalue weighted by Gasteiger charge is -2.12. The van der Waals surface area contributed by atoms with Gasteiger partial charge in [0.05, 0.1) is 7.11 Å². The van der Waals surface area contributed by atoms with Crippen LogP contribution in [0.3, 0.4) is 0 Å². The van der Waals surface area contributed by atoms with E-state index in [-0.39, 0.29) is 24.0 Å². The standard InChI is InChI=1S/C18H26N4O.HI/c1-14-5-6-15(11-17(14)23-4)7-9-20-18(19-2)21-12-16-8-10-22(3)13-16;/h5-6,8,10-11,13H,7,9,12H2,1-4H3,(H2,19,20,21);1H. The number of methoxy groups -OCH3 is 1. The first-order chi connectivity index (χ1) is 11.1. The van der Waals surface area contributed by atoms with Gasteiger partial charge in [0.1, 0.15) is 5.75 Å². The zero-order valence-corrected chi connectivity index (χ0v) is 17.1. The van der Waals surface area contributed by atoms with E-state index in [0.29, 0.717) is 0 Å². The highest BCUT2D eigenvalue weighted by Crippen LogP contribution is 2.18. The van der Waals surface area contributed by atoms with Crippen LogP contribution in [0.5, 0.6) is 5.75 Å². The Morgan fingerprint density at radius 3 is 2.62 bits per heavy atom. The average molecular weight is 442 g/mol. The SMILES string of the molecule is CN=C(NCCc1ccc(C)c(OC)c1)NCc1ccn(C)c1.I. The number of rotatable bonds is 6. The van der Waals surface area contributed by atoms with Gasteiger partial charge in [-0.3, -0.25) is 4.99 Å². The lowest BCUT2D eigenvalue weighted by atomic mass is 10.1. The van der Waals surface area contributed by atoms with Crippen LogP contribution in [0.1, 0.15) is 16.7 Å². The van der Waals surface area contributed by atoms with Crippen molar-refractivity contribution in [2.24, 2.45) is 12.0 Å². The van der Waals surface area contributed by atoms with Crippen molar-refractivity contribution in [1.29, 1.82) is 0 Å². The fourth-order valence-electron chi connectivity index (χ4n) is 2.42. The van der Waals surface area contributed by atoms with Gasteiger partial charge in [0.25, 0.3) is 0 Å². The number of hydrogen-bond donors (Lipinski definition) is 2. The first kappa shape index (κ1) is 20.3. The molecule has 0 bridgehead atoms. The van der Waals surface area contributed by atoms with Crippen LogP contribution in [0, 0.1) is 6.92 Å². The summed E-state index contributed by atoms with van der Waals surface area (Å²) in [6.45, 7) is 3.63. The summed E-state index contributed by atoms with van der Waals surface area (Å²) in [5.74, 6) is 1.75. The van der Waals surface area contributed by atoms with Gasteiger partial charge >= 0.3 is 0 Å². The maximum Gasteiger partial charge on any atom is 0.191 e. The van der Waals surface area contributed by atoms with E-state index in [0.717, 1.165) is 36.8 Å². The predicted molar refractivity (Wildman–Crippen MR) is 110 cm³/mol. The quantitative estimate of drug-likeness (QED) is 0.411. The third-order valence-electron chi connectivity index (χ3n) is 3.76. The highest BCUT2D eigenvalue weighted by atomic mass is 127. The van der Waals surface area contributed by atoms with E-state index in [1.54, 1.807) is 14.2 Å². The number of guanidine groups is 1. The van der Waals surface area contributed by atoms with Gasteiger partial charge in [0.15, 0.2) is 5.96 Å². The van der Waals surface area contributed by atoms with Crippen molar-refractivity contribution in [3.05, 3.63) is 53.3 Å². The Labute approximate surface area is 161 Å². The second-order valence-corrected chi connectivity index (χ2v) is 5.59. The lowest BCUT2D eigenvalue weighted by molar-refractivity contribution is 0.411. The van der Waals surface area contributed by atoms with E-state index in [1.165, 1.54) is 11.1 Å². The van der Waals surface area contributed by atoms with Crippen LogP contribution in [-0.2, 0) is 20.0 Å². The fourth-order valence-corrected chi connectivity index (χ4v) is 2.42. The molecule has 0 aliphatic carbocycles. The van der Waals surface area contributed by atoms with Gasteiger partial charge in [0, 0.05) is 39.6 Å². The van der Waals surface area contributed by atoms with E-state index in [9.17, 15) is 0 Å². The fraction of sp³-hybridized carbons (Fsp3) is 0.389. The van der Waals surface area contributed by atoms with Gasteiger partial charge < -0.3 is 19.9 Å². The number of halogens is 1. The zero-order valence-electron chi connectivity index (χ0n) is 14.8. The van der Waals surface area contributed by atoms with E-state index in [2.05, 4.69) is 53.0 Å². The van der Waals surface area contributed by atoms with E-state index in [1.807, 2.05) is 17.8 Å². The highest BCUT2D eigenvalue weighted by molar-refractivity contribution is 14.0. The van der Waals surface area contributed by atoms with Gasteiger partial charge in [-0.1, -0.05) is 12.1 Å². The maximum atomic E-state index is 5.37. The molecule has 6 heteroatoms. The predicted octanol–water partition coefficient (Wildman–Crippen LogP) is 2.87. The van der Waals surface area contributed by atoms with Crippen LogP contribution in [-0.4, -0.2) is 31.2 Å². The zero-order chi connectivity index (χ0) is 16.7. The number of benzene rings is 1. The van der Waals surface area contributed by atoms with Crippen molar-refractivity contribution in [2.45, 2.75) is 19.9 Å². The Balaban J connectivity index is 0.00000288. The third-order valence-corrected chi connectivity index (χ3v) is 3.76. The number of nitrogens with zero attached hydrogens (tertiary/aromatic N) is 2. The van der Waals surface area contributed by atoms with Crippen molar-refractivity contribution >= 4 is 29.9 Å². The number of aryl methyl sites for hydroxylation is 2. The Bertz CT molecular complexity index is 667. The van der Waals surface area contributed by atoms with Crippen LogP contribution >= 0.6 is 24.0 Å². The molecule has 0 spiro atoms. The molecule has 2 aromatic rings. The summed E-state index contributed by atoms with van der Waals surface area (Å²) in [4.78, 5) is 4.25. The van der Waals surface area contributed by atoms with Gasteiger partial charge in [0.2, 0.25) is 0 Å². The van der Waals surface area contributed by atoms with Gasteiger partial charge in [-0.15, -0.1) is 24.0 Å². The minimum absolute atomic E-state index is 0. The van der Waals surface area contributed by atoms with Crippen LogP contribution in [0.25, 0.3) is 0 Å². The molecule has 5 nitrogen and oxygen atoms in total. The molecule has 2 rings (SSSR count). The second-order valence-electron chi connectivity index (χ2n) is 5.59. The first-order valence-corrected chi connectivity index (χ1v) is 7.81. The molecule has 0 saturated heterocycles. The molecular weight excluding hydrogens is 415 g/mol. The molecule has 0 unspecified atom stereocenters. The van der Waals surface area contributed by atoms with E-state index in [4.69, 9.17) is 4.74 Å². The van der Waals surface area contributed by atoms with Crippen molar-refractivity contribution < 1.29 is 4.74 Å². The van der Waals surface area contributed by atoms with Crippen LogP contribution in [0.2, 0.25) is 0 Å². The Hall–Kier alpha value is -1.70. The van der Waals surface area contributed by atoms with Crippen LogP contribution < -0.4 is 15.4 Å². The van der Waals surface area contributed by atoms with Crippen LogP contribution in [0.15, 0.2) is 41.7 Å². The van der Waals surface area contributed by atoms with Crippen molar-refractivity contribution in [1.82, 2.24) is 15.2 Å². The number of hydrogen-bond acceptors (Lipinski definition) is 2. The lowest BCUT2D eigenvalue weighted by Crippen LogP contribution is -2.37. The van der Waals surface area contributed by atoms with Crippen molar-refractivity contribution in [2.75, 3.05) is 20.7 Å². The molecule has 132 valence electrons. The summed E-state index contributed by atoms with van der Waals surface area (Å²) in [5.41, 5.74) is 3.64. The summed E-state index contributed by atoms with van der Waals surface area (Å²) in [6.07, 6.45) is 5.06.